The summed E-state index contributed by atoms with van der Waals surface area (Å²) >= 11 is 0. The van der Waals surface area contributed by atoms with Crippen molar-refractivity contribution in [2.45, 2.75) is 13.5 Å². The van der Waals surface area contributed by atoms with Crippen LogP contribution in [0.5, 0.6) is 0 Å². The lowest BCUT2D eigenvalue weighted by molar-refractivity contribution is 0.0521. The van der Waals surface area contributed by atoms with E-state index in [1.165, 1.54) is 0 Å². The number of benzene rings is 1. The van der Waals surface area contributed by atoms with Gasteiger partial charge in [0, 0.05) is 7.11 Å². The molecule has 0 aliphatic heterocycles. The third-order valence-electron chi connectivity index (χ3n) is 1.81. The van der Waals surface area contributed by atoms with Crippen LogP contribution in [0.15, 0.2) is 24.3 Å². The predicted molar refractivity (Wildman–Crippen MR) is 53.1 cm³/mol. The normalized spacial score (nSPS) is 9.86. The molecule has 0 N–H and O–H groups in total. The maximum atomic E-state index is 11.5. The van der Waals surface area contributed by atoms with Crippen LogP contribution < -0.4 is 0 Å². The molecule has 0 amide bonds. The lowest BCUT2D eigenvalue weighted by atomic mass is 10.1. The predicted octanol–water partition coefficient (Wildman–Crippen LogP) is 2.01. The Morgan fingerprint density at radius 2 is 2.07 bits per heavy atom. The molecule has 0 aliphatic rings. The lowest BCUT2D eigenvalue weighted by Crippen LogP contribution is -2.08. The van der Waals surface area contributed by atoms with Crippen molar-refractivity contribution in [1.82, 2.24) is 0 Å². The zero-order chi connectivity index (χ0) is 10.4. The number of carbonyl (C=O) groups excluding carboxylic acids is 1. The van der Waals surface area contributed by atoms with Crippen molar-refractivity contribution >= 4 is 5.97 Å². The molecule has 14 heavy (non-hydrogen) atoms. The Balaban J connectivity index is 2.88. The van der Waals surface area contributed by atoms with E-state index in [1.807, 2.05) is 18.2 Å². The van der Waals surface area contributed by atoms with Gasteiger partial charge in [-0.1, -0.05) is 18.2 Å². The van der Waals surface area contributed by atoms with E-state index in [4.69, 9.17) is 9.47 Å². The standard InChI is InChI=1S/C11H14O3/c1-3-14-11(12)10-7-5-4-6-9(10)8-13-2/h4-7H,3,8H2,1-2H3. The summed E-state index contributed by atoms with van der Waals surface area (Å²) in [7, 11) is 1.60. The van der Waals surface area contributed by atoms with Gasteiger partial charge in [0.15, 0.2) is 0 Å². The molecule has 1 aromatic rings. The Kier molecular flexibility index (Phi) is 4.13. The largest absolute Gasteiger partial charge is 0.462 e. The van der Waals surface area contributed by atoms with Crippen LogP contribution in [-0.4, -0.2) is 19.7 Å². The van der Waals surface area contributed by atoms with Gasteiger partial charge in [0.2, 0.25) is 0 Å². The summed E-state index contributed by atoms with van der Waals surface area (Å²) in [5.41, 5.74) is 1.43. The molecule has 0 spiro atoms. The van der Waals surface area contributed by atoms with Gasteiger partial charge in [-0.3, -0.25) is 0 Å². The second kappa shape index (κ2) is 5.40. The summed E-state index contributed by atoms with van der Waals surface area (Å²) in [5.74, 6) is -0.292. The van der Waals surface area contributed by atoms with Gasteiger partial charge < -0.3 is 9.47 Å². The molecule has 0 saturated heterocycles. The van der Waals surface area contributed by atoms with Crippen LogP contribution >= 0.6 is 0 Å². The number of hydrogen-bond donors (Lipinski definition) is 0. The quantitative estimate of drug-likeness (QED) is 0.688. The second-order valence-electron chi connectivity index (χ2n) is 2.81. The highest BCUT2D eigenvalue weighted by atomic mass is 16.5. The zero-order valence-electron chi connectivity index (χ0n) is 8.45. The fraction of sp³-hybridized carbons (Fsp3) is 0.364. The molecule has 1 aromatic carbocycles. The van der Waals surface area contributed by atoms with Gasteiger partial charge in [0.1, 0.15) is 0 Å². The molecule has 0 bridgehead atoms. The number of rotatable bonds is 4. The minimum absolute atomic E-state index is 0.292. The van der Waals surface area contributed by atoms with Crippen LogP contribution in [0.3, 0.4) is 0 Å². The fourth-order valence-corrected chi connectivity index (χ4v) is 1.21. The first-order valence-electron chi connectivity index (χ1n) is 4.53. The second-order valence-corrected chi connectivity index (χ2v) is 2.81. The first-order valence-corrected chi connectivity index (χ1v) is 4.53. The highest BCUT2D eigenvalue weighted by Gasteiger charge is 2.10. The fourth-order valence-electron chi connectivity index (χ4n) is 1.21. The van der Waals surface area contributed by atoms with E-state index in [0.29, 0.717) is 18.8 Å². The molecule has 0 unspecified atom stereocenters. The van der Waals surface area contributed by atoms with Gasteiger partial charge >= 0.3 is 5.97 Å². The van der Waals surface area contributed by atoms with Crippen LogP contribution in [-0.2, 0) is 16.1 Å². The van der Waals surface area contributed by atoms with Crippen molar-refractivity contribution in [3.8, 4) is 0 Å². The summed E-state index contributed by atoms with van der Waals surface area (Å²) in [6.45, 7) is 2.60. The minimum Gasteiger partial charge on any atom is -0.462 e. The van der Waals surface area contributed by atoms with Crippen LogP contribution in [0.4, 0.5) is 0 Å². The summed E-state index contributed by atoms with van der Waals surface area (Å²) in [5, 5.41) is 0. The van der Waals surface area contributed by atoms with Crippen LogP contribution in [0.2, 0.25) is 0 Å². The Morgan fingerprint density at radius 3 is 2.71 bits per heavy atom. The molecule has 0 fully saturated rings. The average Bonchev–Trinajstić information content (AvgIpc) is 2.19. The number of ether oxygens (including phenoxy) is 2. The zero-order valence-corrected chi connectivity index (χ0v) is 8.45. The highest BCUT2D eigenvalue weighted by molar-refractivity contribution is 5.91. The van der Waals surface area contributed by atoms with Gasteiger partial charge in [-0.15, -0.1) is 0 Å². The molecule has 0 radical (unpaired) electrons. The third-order valence-corrected chi connectivity index (χ3v) is 1.81. The van der Waals surface area contributed by atoms with Crippen LogP contribution in [0.1, 0.15) is 22.8 Å². The van der Waals surface area contributed by atoms with E-state index in [-0.39, 0.29) is 5.97 Å². The third kappa shape index (κ3) is 2.57. The minimum atomic E-state index is -0.292. The van der Waals surface area contributed by atoms with Crippen molar-refractivity contribution in [1.29, 1.82) is 0 Å². The summed E-state index contributed by atoms with van der Waals surface area (Å²) in [6, 6.07) is 7.28. The summed E-state index contributed by atoms with van der Waals surface area (Å²) in [4.78, 5) is 11.5. The van der Waals surface area contributed by atoms with Crippen LogP contribution in [0.25, 0.3) is 0 Å². The highest BCUT2D eigenvalue weighted by Crippen LogP contribution is 2.11. The van der Waals surface area contributed by atoms with Gasteiger partial charge in [-0.05, 0) is 18.6 Å². The first-order chi connectivity index (χ1) is 6.79. The monoisotopic (exact) mass is 194 g/mol. The van der Waals surface area contributed by atoms with Crippen molar-refractivity contribution in [2.75, 3.05) is 13.7 Å². The van der Waals surface area contributed by atoms with E-state index in [9.17, 15) is 4.79 Å². The SMILES string of the molecule is CCOC(=O)c1ccccc1COC. The van der Waals surface area contributed by atoms with Crippen LogP contribution in [0, 0.1) is 0 Å². The van der Waals surface area contributed by atoms with Crippen molar-refractivity contribution < 1.29 is 14.3 Å². The molecule has 0 aliphatic carbocycles. The molecule has 0 saturated carbocycles. The Hall–Kier alpha value is -1.35. The first kappa shape index (κ1) is 10.7. The van der Waals surface area contributed by atoms with Gasteiger partial charge in [0.05, 0.1) is 18.8 Å². The molecular weight excluding hydrogens is 180 g/mol. The van der Waals surface area contributed by atoms with E-state index in [2.05, 4.69) is 0 Å². The number of hydrogen-bond acceptors (Lipinski definition) is 3. The number of esters is 1. The molecule has 76 valence electrons. The molecule has 1 rings (SSSR count). The van der Waals surface area contributed by atoms with Crippen molar-refractivity contribution in [2.24, 2.45) is 0 Å². The Labute approximate surface area is 83.6 Å². The van der Waals surface area contributed by atoms with Crippen molar-refractivity contribution in [3.05, 3.63) is 35.4 Å². The smallest absolute Gasteiger partial charge is 0.338 e. The number of carbonyl (C=O) groups is 1. The van der Waals surface area contributed by atoms with Crippen molar-refractivity contribution in [3.63, 3.8) is 0 Å². The van der Waals surface area contributed by atoms with E-state index in [0.717, 1.165) is 5.56 Å². The average molecular weight is 194 g/mol. The van der Waals surface area contributed by atoms with Gasteiger partial charge in [-0.25, -0.2) is 4.79 Å². The molecular formula is C11H14O3. The molecule has 3 heteroatoms. The van der Waals surface area contributed by atoms with E-state index < -0.39 is 0 Å². The summed E-state index contributed by atoms with van der Waals surface area (Å²) in [6.07, 6.45) is 0. The lowest BCUT2D eigenvalue weighted by Gasteiger charge is -2.07. The Morgan fingerprint density at radius 1 is 1.36 bits per heavy atom. The van der Waals surface area contributed by atoms with Gasteiger partial charge in [0.25, 0.3) is 0 Å². The van der Waals surface area contributed by atoms with E-state index in [1.54, 1.807) is 20.1 Å². The van der Waals surface area contributed by atoms with Gasteiger partial charge in [-0.2, -0.15) is 0 Å². The molecule has 0 heterocycles. The molecule has 0 aromatic heterocycles. The topological polar surface area (TPSA) is 35.5 Å². The molecule has 3 nitrogen and oxygen atoms in total. The maximum absolute atomic E-state index is 11.5. The maximum Gasteiger partial charge on any atom is 0.338 e. The van der Waals surface area contributed by atoms with E-state index >= 15 is 0 Å². The Bertz CT molecular complexity index is 307. The summed E-state index contributed by atoms with van der Waals surface area (Å²) < 4.78 is 9.91. The molecule has 0 atom stereocenters. The number of methoxy groups -OCH3 is 1.